The smallest absolute Gasteiger partial charge is 0.0694 e. The van der Waals surface area contributed by atoms with E-state index >= 15 is 0 Å². The van der Waals surface area contributed by atoms with Gasteiger partial charge in [-0.15, -0.1) is 0 Å². The monoisotopic (exact) mass is 331 g/mol. The molecule has 1 aromatic heterocycles. The summed E-state index contributed by atoms with van der Waals surface area (Å²) in [5.41, 5.74) is 7.71. The highest BCUT2D eigenvalue weighted by molar-refractivity contribution is 9.10. The van der Waals surface area contributed by atoms with Crippen LogP contribution in [0.2, 0.25) is 0 Å². The summed E-state index contributed by atoms with van der Waals surface area (Å²) in [6.07, 6.45) is 2.76. The van der Waals surface area contributed by atoms with Crippen molar-refractivity contribution in [2.45, 2.75) is 46.7 Å². The lowest BCUT2D eigenvalue weighted by Gasteiger charge is -2.29. The third-order valence-corrected chi connectivity index (χ3v) is 4.39. The zero-order chi connectivity index (χ0) is 14.6. The Bertz CT molecular complexity index is 398. The first-order valence-electron chi connectivity index (χ1n) is 6.73. The normalized spacial score (nSPS) is 15.5. The van der Waals surface area contributed by atoms with Crippen LogP contribution >= 0.6 is 15.9 Å². The first-order valence-corrected chi connectivity index (χ1v) is 7.52. The fourth-order valence-corrected chi connectivity index (χ4v) is 2.53. The molecule has 1 aromatic rings. The number of aromatic nitrogens is 2. The number of hydrogen-bond donors (Lipinski definition) is 1. The topological polar surface area (TPSA) is 53.1 Å². The van der Waals surface area contributed by atoms with Gasteiger partial charge in [-0.25, -0.2) is 0 Å². The van der Waals surface area contributed by atoms with E-state index in [4.69, 9.17) is 10.5 Å². The molecular weight excluding hydrogens is 306 g/mol. The largest absolute Gasteiger partial charge is 0.383 e. The molecule has 0 radical (unpaired) electrons. The summed E-state index contributed by atoms with van der Waals surface area (Å²) in [5, 5.41) is 4.35. The Morgan fingerprint density at radius 1 is 1.47 bits per heavy atom. The number of nitrogens with zero attached hydrogens (tertiary/aromatic N) is 2. The Hall–Kier alpha value is -0.390. The van der Waals surface area contributed by atoms with Gasteiger partial charge < -0.3 is 10.5 Å². The van der Waals surface area contributed by atoms with Crippen molar-refractivity contribution in [2.75, 3.05) is 13.7 Å². The van der Waals surface area contributed by atoms with Crippen LogP contribution in [0.5, 0.6) is 0 Å². The van der Waals surface area contributed by atoms with Crippen molar-refractivity contribution in [3.63, 3.8) is 0 Å². The van der Waals surface area contributed by atoms with Crippen molar-refractivity contribution in [3.05, 3.63) is 16.4 Å². The van der Waals surface area contributed by atoms with Crippen molar-refractivity contribution in [3.8, 4) is 0 Å². The minimum absolute atomic E-state index is 0.0112. The van der Waals surface area contributed by atoms with Crippen molar-refractivity contribution in [1.82, 2.24) is 9.78 Å². The van der Waals surface area contributed by atoms with E-state index in [2.05, 4.69) is 48.7 Å². The Balaban J connectivity index is 2.81. The van der Waals surface area contributed by atoms with Gasteiger partial charge in [-0.1, -0.05) is 27.7 Å². The molecule has 2 N–H and O–H groups in total. The number of methoxy groups -OCH3 is 1. The average molecular weight is 332 g/mol. The molecule has 0 aromatic carbocycles. The lowest BCUT2D eigenvalue weighted by Crippen LogP contribution is -2.25. The lowest BCUT2D eigenvalue weighted by molar-refractivity contribution is 0.180. The van der Waals surface area contributed by atoms with Crippen LogP contribution in [0.3, 0.4) is 0 Å². The molecular formula is C14H26BrN3O. The fourth-order valence-electron chi connectivity index (χ4n) is 1.94. The van der Waals surface area contributed by atoms with E-state index < -0.39 is 0 Å². The van der Waals surface area contributed by atoms with Gasteiger partial charge in [-0.05, 0) is 33.7 Å². The Morgan fingerprint density at radius 2 is 2.11 bits per heavy atom. The lowest BCUT2D eigenvalue weighted by atomic mass is 9.78. The maximum Gasteiger partial charge on any atom is 0.0694 e. The quantitative estimate of drug-likeness (QED) is 0.869. The molecule has 1 rings (SSSR count). The molecule has 2 unspecified atom stereocenters. The van der Waals surface area contributed by atoms with Crippen LogP contribution in [0.15, 0.2) is 10.7 Å². The second-order valence-corrected chi connectivity index (χ2v) is 7.06. The van der Waals surface area contributed by atoms with Crippen LogP contribution < -0.4 is 5.73 Å². The number of hydrogen-bond acceptors (Lipinski definition) is 3. The van der Waals surface area contributed by atoms with Gasteiger partial charge in [0.15, 0.2) is 0 Å². The predicted octanol–water partition coefficient (Wildman–Crippen LogP) is 3.36. The Morgan fingerprint density at radius 3 is 2.63 bits per heavy atom. The number of rotatable bonds is 6. The second-order valence-electron chi connectivity index (χ2n) is 6.20. The third kappa shape index (κ3) is 4.58. The van der Waals surface area contributed by atoms with Crippen molar-refractivity contribution < 1.29 is 4.74 Å². The Kier molecular flexibility index (Phi) is 6.02. The molecule has 0 bridgehead atoms. The predicted molar refractivity (Wildman–Crippen MR) is 82.0 cm³/mol. The van der Waals surface area contributed by atoms with Crippen molar-refractivity contribution in [1.29, 1.82) is 0 Å². The van der Waals surface area contributed by atoms with E-state index in [1.807, 2.05) is 10.9 Å². The van der Waals surface area contributed by atoms with Crippen LogP contribution in [-0.4, -0.2) is 23.5 Å². The molecule has 0 spiro atoms. The molecule has 1 heterocycles. The average Bonchev–Trinajstić information content (AvgIpc) is 2.66. The molecule has 0 fully saturated rings. The van der Waals surface area contributed by atoms with Crippen LogP contribution in [-0.2, 0) is 11.3 Å². The van der Waals surface area contributed by atoms with E-state index in [9.17, 15) is 0 Å². The van der Waals surface area contributed by atoms with E-state index in [0.717, 1.165) is 23.1 Å². The highest BCUT2D eigenvalue weighted by Crippen LogP contribution is 2.34. The maximum atomic E-state index is 6.38. The van der Waals surface area contributed by atoms with Crippen LogP contribution in [0.4, 0.5) is 0 Å². The molecule has 0 amide bonds. The second kappa shape index (κ2) is 6.86. The van der Waals surface area contributed by atoms with Gasteiger partial charge in [0.05, 0.1) is 29.5 Å². The summed E-state index contributed by atoms with van der Waals surface area (Å²) in [5.74, 6) is 0.542. The van der Waals surface area contributed by atoms with Gasteiger partial charge in [0.2, 0.25) is 0 Å². The van der Waals surface area contributed by atoms with Gasteiger partial charge in [0.25, 0.3) is 0 Å². The van der Waals surface area contributed by atoms with E-state index in [0.29, 0.717) is 12.5 Å². The first kappa shape index (κ1) is 16.7. The summed E-state index contributed by atoms with van der Waals surface area (Å²) >= 11 is 3.55. The molecule has 4 nitrogen and oxygen atoms in total. The summed E-state index contributed by atoms with van der Waals surface area (Å²) in [6.45, 7) is 10.4. The summed E-state index contributed by atoms with van der Waals surface area (Å²) in [7, 11) is 1.69. The summed E-state index contributed by atoms with van der Waals surface area (Å²) in [4.78, 5) is 0. The van der Waals surface area contributed by atoms with Gasteiger partial charge in [0.1, 0.15) is 0 Å². The molecule has 0 aliphatic heterocycles. The molecule has 2 atom stereocenters. The van der Waals surface area contributed by atoms with Crippen LogP contribution in [0, 0.1) is 11.3 Å². The van der Waals surface area contributed by atoms with E-state index in [-0.39, 0.29) is 11.5 Å². The molecule has 110 valence electrons. The van der Waals surface area contributed by atoms with Crippen molar-refractivity contribution >= 4 is 15.9 Å². The van der Waals surface area contributed by atoms with Crippen molar-refractivity contribution in [2.24, 2.45) is 17.1 Å². The first-order chi connectivity index (χ1) is 8.77. The standard InChI is InChI=1S/C14H26BrN3O/c1-10(14(2,3)4)8-12(16)13-11(15)9-17-18(13)6-7-19-5/h9-10,12H,6-8,16H2,1-5H3. The van der Waals surface area contributed by atoms with Gasteiger partial charge in [-0.2, -0.15) is 5.10 Å². The maximum absolute atomic E-state index is 6.38. The zero-order valence-corrected chi connectivity index (χ0v) is 14.2. The number of halogens is 1. The van der Waals surface area contributed by atoms with Gasteiger partial charge in [0, 0.05) is 13.2 Å². The minimum atomic E-state index is -0.0112. The fraction of sp³-hybridized carbons (Fsp3) is 0.786. The zero-order valence-electron chi connectivity index (χ0n) is 12.6. The van der Waals surface area contributed by atoms with Crippen LogP contribution in [0.1, 0.15) is 45.9 Å². The summed E-state index contributed by atoms with van der Waals surface area (Å²) in [6, 6.07) is -0.0112. The number of ether oxygens (including phenoxy) is 1. The molecule has 0 saturated heterocycles. The van der Waals surface area contributed by atoms with E-state index in [1.54, 1.807) is 7.11 Å². The van der Waals surface area contributed by atoms with E-state index in [1.165, 1.54) is 0 Å². The van der Waals surface area contributed by atoms with Gasteiger partial charge >= 0.3 is 0 Å². The molecule has 0 aliphatic carbocycles. The molecule has 0 aliphatic rings. The highest BCUT2D eigenvalue weighted by atomic mass is 79.9. The molecule has 19 heavy (non-hydrogen) atoms. The minimum Gasteiger partial charge on any atom is -0.383 e. The summed E-state index contributed by atoms with van der Waals surface area (Å²) < 4.78 is 8.03. The Labute approximate surface area is 124 Å². The van der Waals surface area contributed by atoms with Gasteiger partial charge in [-0.3, -0.25) is 4.68 Å². The number of nitrogens with two attached hydrogens (primary N) is 1. The van der Waals surface area contributed by atoms with Crippen LogP contribution in [0.25, 0.3) is 0 Å². The SMILES string of the molecule is COCCn1ncc(Br)c1C(N)CC(C)C(C)(C)C. The third-order valence-electron chi connectivity index (χ3n) is 3.78. The molecule has 0 saturated carbocycles. The molecule has 5 heteroatoms. The highest BCUT2D eigenvalue weighted by Gasteiger charge is 2.25.